The molecule has 0 amide bonds. The smallest absolute Gasteiger partial charge is 0.258 e. The number of nitrogens with zero attached hydrogens (tertiary/aromatic N) is 2. The molecule has 0 atom stereocenters. The van der Waals surface area contributed by atoms with Gasteiger partial charge in [-0.1, -0.05) is 23.4 Å². The highest BCUT2D eigenvalue weighted by Crippen LogP contribution is 2.27. The van der Waals surface area contributed by atoms with E-state index in [4.69, 9.17) is 14.7 Å². The van der Waals surface area contributed by atoms with Crippen molar-refractivity contribution in [1.82, 2.24) is 10.1 Å². The minimum Gasteiger partial charge on any atom is -0.453 e. The Balaban J connectivity index is 1.75. The lowest BCUT2D eigenvalue weighted by Gasteiger charge is -1.94. The minimum absolute atomic E-state index is 0.429. The Morgan fingerprint density at radius 3 is 2.57 bits per heavy atom. The van der Waals surface area contributed by atoms with Gasteiger partial charge in [-0.2, -0.15) is 4.98 Å². The van der Waals surface area contributed by atoms with Crippen molar-refractivity contribution in [2.24, 2.45) is 0 Å². The molecule has 2 N–H and O–H groups in total. The number of nitrogen functional groups attached to an aromatic ring is 1. The van der Waals surface area contributed by atoms with Gasteiger partial charge >= 0.3 is 0 Å². The Morgan fingerprint density at radius 1 is 0.952 bits per heavy atom. The predicted molar refractivity (Wildman–Crippen MR) is 79.4 cm³/mol. The van der Waals surface area contributed by atoms with Crippen LogP contribution in [0.2, 0.25) is 0 Å². The van der Waals surface area contributed by atoms with Gasteiger partial charge in [0.25, 0.3) is 5.89 Å². The van der Waals surface area contributed by atoms with Gasteiger partial charge in [0.05, 0.1) is 0 Å². The van der Waals surface area contributed by atoms with Gasteiger partial charge in [0.15, 0.2) is 5.76 Å². The van der Waals surface area contributed by atoms with Crippen LogP contribution in [0.5, 0.6) is 0 Å². The Kier molecular flexibility index (Phi) is 2.50. The van der Waals surface area contributed by atoms with E-state index in [0.717, 1.165) is 16.5 Å². The molecule has 0 saturated carbocycles. The molecule has 4 aromatic rings. The average Bonchev–Trinajstić information content (AvgIpc) is 3.14. The molecule has 4 rings (SSSR count). The molecule has 102 valence electrons. The largest absolute Gasteiger partial charge is 0.453 e. The fourth-order valence-corrected chi connectivity index (χ4v) is 2.16. The van der Waals surface area contributed by atoms with Crippen LogP contribution >= 0.6 is 0 Å². The third-order valence-corrected chi connectivity index (χ3v) is 3.23. The molecule has 21 heavy (non-hydrogen) atoms. The molecule has 2 aromatic heterocycles. The molecule has 5 heteroatoms. The van der Waals surface area contributed by atoms with Gasteiger partial charge in [-0.25, -0.2) is 0 Å². The summed E-state index contributed by atoms with van der Waals surface area (Å²) in [6.07, 6.45) is 0. The van der Waals surface area contributed by atoms with Crippen molar-refractivity contribution in [3.05, 3.63) is 54.6 Å². The standard InChI is InChI=1S/C16H11N3O2/c17-12-7-5-10(6-8-12)16-18-15(19-21-16)14-9-11-3-1-2-4-13(11)20-14/h1-9H,17H2. The van der Waals surface area contributed by atoms with E-state index in [0.29, 0.717) is 23.2 Å². The van der Waals surface area contributed by atoms with E-state index in [2.05, 4.69) is 10.1 Å². The summed E-state index contributed by atoms with van der Waals surface area (Å²) in [6, 6.07) is 16.9. The number of hydrogen-bond donors (Lipinski definition) is 1. The van der Waals surface area contributed by atoms with Gasteiger partial charge < -0.3 is 14.7 Å². The van der Waals surface area contributed by atoms with Crippen LogP contribution < -0.4 is 5.73 Å². The van der Waals surface area contributed by atoms with Gasteiger partial charge in [0, 0.05) is 16.6 Å². The van der Waals surface area contributed by atoms with Crippen molar-refractivity contribution in [1.29, 1.82) is 0 Å². The molecule has 0 fully saturated rings. The summed E-state index contributed by atoms with van der Waals surface area (Å²) < 4.78 is 11.0. The molecule has 0 aliphatic rings. The molecule has 0 radical (unpaired) electrons. The highest BCUT2D eigenvalue weighted by molar-refractivity contribution is 5.81. The van der Waals surface area contributed by atoms with Crippen molar-refractivity contribution in [2.75, 3.05) is 5.73 Å². The average molecular weight is 277 g/mol. The molecule has 2 aromatic carbocycles. The third-order valence-electron chi connectivity index (χ3n) is 3.23. The number of benzene rings is 2. The number of para-hydroxylation sites is 1. The van der Waals surface area contributed by atoms with Crippen LogP contribution in [0.4, 0.5) is 5.69 Å². The minimum atomic E-state index is 0.429. The number of nitrogens with two attached hydrogens (primary N) is 1. The van der Waals surface area contributed by atoms with E-state index >= 15 is 0 Å². The van der Waals surface area contributed by atoms with E-state index in [-0.39, 0.29) is 0 Å². The van der Waals surface area contributed by atoms with Crippen LogP contribution in [-0.2, 0) is 0 Å². The zero-order valence-corrected chi connectivity index (χ0v) is 11.0. The van der Waals surface area contributed by atoms with Gasteiger partial charge in [0.2, 0.25) is 5.82 Å². The molecule has 0 saturated heterocycles. The molecular formula is C16H11N3O2. The normalized spacial score (nSPS) is 11.0. The molecule has 0 aliphatic heterocycles. The quantitative estimate of drug-likeness (QED) is 0.565. The molecule has 5 nitrogen and oxygen atoms in total. The third kappa shape index (κ3) is 2.04. The fraction of sp³-hybridized carbons (Fsp3) is 0. The number of fused-ring (bicyclic) bond motifs is 1. The summed E-state index contributed by atoms with van der Waals surface area (Å²) in [5.41, 5.74) is 7.97. The maximum Gasteiger partial charge on any atom is 0.258 e. The second-order valence-electron chi connectivity index (χ2n) is 4.69. The van der Waals surface area contributed by atoms with Crippen LogP contribution in [0.3, 0.4) is 0 Å². The lowest BCUT2D eigenvalue weighted by Crippen LogP contribution is -1.84. The number of aromatic nitrogens is 2. The summed E-state index contributed by atoms with van der Waals surface area (Å²) in [6.45, 7) is 0. The van der Waals surface area contributed by atoms with Crippen LogP contribution in [-0.4, -0.2) is 10.1 Å². The van der Waals surface area contributed by atoms with Gasteiger partial charge in [0.1, 0.15) is 5.58 Å². The molecule has 0 aliphatic carbocycles. The lowest BCUT2D eigenvalue weighted by atomic mass is 10.2. The Morgan fingerprint density at radius 2 is 1.76 bits per heavy atom. The van der Waals surface area contributed by atoms with Crippen LogP contribution in [0, 0.1) is 0 Å². The summed E-state index contributed by atoms with van der Waals surface area (Å²) in [5, 5.41) is 4.98. The lowest BCUT2D eigenvalue weighted by molar-refractivity contribution is 0.430. The Bertz CT molecular complexity index is 874. The molecule has 0 bridgehead atoms. The fourth-order valence-electron chi connectivity index (χ4n) is 2.16. The zero-order chi connectivity index (χ0) is 14.2. The summed E-state index contributed by atoms with van der Waals surface area (Å²) in [5.74, 6) is 1.45. The second kappa shape index (κ2) is 4.49. The first-order valence-corrected chi connectivity index (χ1v) is 6.48. The van der Waals surface area contributed by atoms with E-state index in [1.54, 1.807) is 12.1 Å². The summed E-state index contributed by atoms with van der Waals surface area (Å²) in [7, 11) is 0. The first-order valence-electron chi connectivity index (χ1n) is 6.48. The van der Waals surface area contributed by atoms with Gasteiger partial charge in [-0.3, -0.25) is 0 Å². The van der Waals surface area contributed by atoms with Crippen molar-refractivity contribution < 1.29 is 8.94 Å². The van der Waals surface area contributed by atoms with Crippen molar-refractivity contribution >= 4 is 16.7 Å². The topological polar surface area (TPSA) is 78.1 Å². The number of hydrogen-bond acceptors (Lipinski definition) is 5. The van der Waals surface area contributed by atoms with E-state index < -0.39 is 0 Å². The Hall–Kier alpha value is -3.08. The van der Waals surface area contributed by atoms with E-state index in [1.807, 2.05) is 42.5 Å². The molecule has 0 spiro atoms. The first-order chi connectivity index (χ1) is 10.3. The van der Waals surface area contributed by atoms with Crippen molar-refractivity contribution in [2.45, 2.75) is 0 Å². The summed E-state index contributed by atoms with van der Waals surface area (Å²) >= 11 is 0. The highest BCUT2D eigenvalue weighted by atomic mass is 16.5. The van der Waals surface area contributed by atoms with Gasteiger partial charge in [-0.15, -0.1) is 0 Å². The monoisotopic (exact) mass is 277 g/mol. The Labute approximate surface area is 120 Å². The van der Waals surface area contributed by atoms with Crippen LogP contribution in [0.1, 0.15) is 0 Å². The zero-order valence-electron chi connectivity index (χ0n) is 11.0. The van der Waals surface area contributed by atoms with Crippen molar-refractivity contribution in [3.8, 4) is 23.0 Å². The SMILES string of the molecule is Nc1ccc(-c2nc(-c3cc4ccccc4o3)no2)cc1. The van der Waals surface area contributed by atoms with Crippen molar-refractivity contribution in [3.63, 3.8) is 0 Å². The molecule has 2 heterocycles. The first kappa shape index (κ1) is 11.7. The molecular weight excluding hydrogens is 266 g/mol. The van der Waals surface area contributed by atoms with Gasteiger partial charge in [-0.05, 0) is 36.4 Å². The van der Waals surface area contributed by atoms with Crippen LogP contribution in [0.25, 0.3) is 34.0 Å². The molecule has 0 unspecified atom stereocenters. The van der Waals surface area contributed by atoms with Crippen LogP contribution in [0.15, 0.2) is 63.5 Å². The maximum atomic E-state index is 5.72. The van der Waals surface area contributed by atoms with E-state index in [9.17, 15) is 0 Å². The predicted octanol–water partition coefficient (Wildman–Crippen LogP) is 3.73. The maximum absolute atomic E-state index is 5.72. The number of anilines is 1. The highest BCUT2D eigenvalue weighted by Gasteiger charge is 2.14. The van der Waals surface area contributed by atoms with E-state index in [1.165, 1.54) is 0 Å². The number of furan rings is 1. The summed E-state index contributed by atoms with van der Waals surface area (Å²) in [4.78, 5) is 4.36. The second-order valence-corrected chi connectivity index (χ2v) is 4.69. The number of rotatable bonds is 2.